The second kappa shape index (κ2) is 9.36. The van der Waals surface area contributed by atoms with E-state index in [0.29, 0.717) is 11.0 Å². The minimum atomic E-state index is -0.0892. The minimum absolute atomic E-state index is 0.0674. The van der Waals surface area contributed by atoms with Crippen LogP contribution in [0.2, 0.25) is 0 Å². The fourth-order valence-electron chi connectivity index (χ4n) is 3.40. The topological polar surface area (TPSA) is 72.7 Å². The highest BCUT2D eigenvalue weighted by Gasteiger charge is 2.20. The smallest absolute Gasteiger partial charge is 0.234 e. The highest BCUT2D eigenvalue weighted by molar-refractivity contribution is 7.99. The van der Waals surface area contributed by atoms with Crippen molar-refractivity contribution in [3.8, 4) is 17.2 Å². The molecular weight excluding hydrogens is 418 g/mol. The molecule has 1 N–H and O–H groups in total. The highest BCUT2D eigenvalue weighted by atomic mass is 32.2. The van der Waals surface area contributed by atoms with Gasteiger partial charge in [-0.15, -0.1) is 10.2 Å². The van der Waals surface area contributed by atoms with Gasteiger partial charge in [0, 0.05) is 17.6 Å². The summed E-state index contributed by atoms with van der Waals surface area (Å²) in [6.07, 6.45) is 1.73. The van der Waals surface area contributed by atoms with Crippen LogP contribution in [0.15, 0.2) is 84.1 Å². The van der Waals surface area contributed by atoms with E-state index >= 15 is 0 Å². The Labute approximate surface area is 192 Å². The molecule has 4 rings (SSSR count). The predicted octanol–water partition coefficient (Wildman–Crippen LogP) is 5.36. The van der Waals surface area contributed by atoms with Crippen LogP contribution in [0.4, 0.5) is 5.69 Å². The Kier molecular flexibility index (Phi) is 6.37. The lowest BCUT2D eigenvalue weighted by Crippen LogP contribution is -2.20. The molecule has 0 saturated heterocycles. The predicted molar refractivity (Wildman–Crippen MR) is 129 cm³/mol. The van der Waals surface area contributed by atoms with Gasteiger partial charge in [0.15, 0.2) is 11.0 Å². The van der Waals surface area contributed by atoms with Gasteiger partial charge < -0.3 is 5.32 Å². The SMILES string of the molecule is CC(C)(C)c1ccccc1NC(=O)CSc1nnc(-c2ccccn2)n1-c1ccccc1. The second-order valence-corrected chi connectivity index (χ2v) is 9.27. The van der Waals surface area contributed by atoms with Gasteiger partial charge in [-0.05, 0) is 41.3 Å². The van der Waals surface area contributed by atoms with E-state index in [9.17, 15) is 4.79 Å². The molecule has 0 bridgehead atoms. The van der Waals surface area contributed by atoms with Crippen molar-refractivity contribution in [2.45, 2.75) is 31.3 Å². The average molecular weight is 444 g/mol. The molecule has 2 heterocycles. The number of aromatic nitrogens is 4. The van der Waals surface area contributed by atoms with Crippen molar-refractivity contribution in [2.24, 2.45) is 0 Å². The van der Waals surface area contributed by atoms with Gasteiger partial charge in [-0.25, -0.2) is 0 Å². The van der Waals surface area contributed by atoms with Crippen molar-refractivity contribution in [1.29, 1.82) is 0 Å². The lowest BCUT2D eigenvalue weighted by atomic mass is 9.86. The van der Waals surface area contributed by atoms with Crippen LogP contribution in [0.5, 0.6) is 0 Å². The molecule has 0 spiro atoms. The molecule has 0 unspecified atom stereocenters. The van der Waals surface area contributed by atoms with Gasteiger partial charge in [-0.1, -0.05) is 75.0 Å². The molecule has 7 heteroatoms. The van der Waals surface area contributed by atoms with E-state index in [1.807, 2.05) is 77.4 Å². The maximum Gasteiger partial charge on any atom is 0.234 e. The molecule has 2 aromatic heterocycles. The van der Waals surface area contributed by atoms with Crippen molar-refractivity contribution >= 4 is 23.4 Å². The molecule has 0 aliphatic carbocycles. The van der Waals surface area contributed by atoms with Gasteiger partial charge in [0.25, 0.3) is 0 Å². The van der Waals surface area contributed by atoms with Crippen molar-refractivity contribution in [3.63, 3.8) is 0 Å². The first-order chi connectivity index (χ1) is 15.4. The molecule has 0 saturated carbocycles. The van der Waals surface area contributed by atoms with Crippen molar-refractivity contribution in [1.82, 2.24) is 19.7 Å². The number of pyridine rings is 1. The molecule has 162 valence electrons. The number of benzene rings is 2. The average Bonchev–Trinajstić information content (AvgIpc) is 3.22. The lowest BCUT2D eigenvalue weighted by Gasteiger charge is -2.23. The van der Waals surface area contributed by atoms with E-state index in [-0.39, 0.29) is 17.1 Å². The molecule has 0 radical (unpaired) electrons. The van der Waals surface area contributed by atoms with Gasteiger partial charge in [-0.2, -0.15) is 0 Å². The molecule has 0 aliphatic heterocycles. The monoisotopic (exact) mass is 443 g/mol. The molecule has 0 aliphatic rings. The van der Waals surface area contributed by atoms with Gasteiger partial charge in [0.05, 0.1) is 5.75 Å². The standard InChI is InChI=1S/C25H25N5OS/c1-25(2,3)19-13-7-8-14-20(19)27-22(31)17-32-24-29-28-23(21-15-9-10-16-26-21)30(24)18-11-5-4-6-12-18/h4-16H,17H2,1-3H3,(H,27,31). The maximum atomic E-state index is 12.8. The molecule has 6 nitrogen and oxygen atoms in total. The van der Waals surface area contributed by atoms with E-state index < -0.39 is 0 Å². The van der Waals surface area contributed by atoms with Gasteiger partial charge in [0.2, 0.25) is 5.91 Å². The Morgan fingerprint density at radius 3 is 2.38 bits per heavy atom. The normalized spacial score (nSPS) is 11.3. The van der Waals surface area contributed by atoms with E-state index in [4.69, 9.17) is 0 Å². The number of nitrogens with zero attached hydrogens (tertiary/aromatic N) is 4. The zero-order chi connectivity index (χ0) is 22.6. The number of para-hydroxylation sites is 2. The van der Waals surface area contributed by atoms with Crippen LogP contribution in [0, 0.1) is 0 Å². The Morgan fingerprint density at radius 2 is 1.66 bits per heavy atom. The Bertz CT molecular complexity index is 1200. The number of carbonyl (C=O) groups excluding carboxylic acids is 1. The maximum absolute atomic E-state index is 12.8. The first kappa shape index (κ1) is 21.8. The van der Waals surface area contributed by atoms with Crippen LogP contribution in [-0.2, 0) is 10.2 Å². The summed E-state index contributed by atoms with van der Waals surface area (Å²) in [5.74, 6) is 0.762. The van der Waals surface area contributed by atoms with E-state index in [1.54, 1.807) is 6.20 Å². The van der Waals surface area contributed by atoms with Crippen molar-refractivity contribution in [3.05, 3.63) is 84.6 Å². The van der Waals surface area contributed by atoms with E-state index in [0.717, 1.165) is 22.6 Å². The molecule has 0 atom stereocenters. The molecule has 0 fully saturated rings. The number of anilines is 1. The quantitative estimate of drug-likeness (QED) is 0.406. The number of hydrogen-bond acceptors (Lipinski definition) is 5. The summed E-state index contributed by atoms with van der Waals surface area (Å²) >= 11 is 1.35. The number of hydrogen-bond donors (Lipinski definition) is 1. The summed E-state index contributed by atoms with van der Waals surface area (Å²) in [5, 5.41) is 12.4. The molecule has 2 aromatic carbocycles. The number of carbonyl (C=O) groups is 1. The van der Waals surface area contributed by atoms with Crippen LogP contribution < -0.4 is 5.32 Å². The van der Waals surface area contributed by atoms with Gasteiger partial charge in [0.1, 0.15) is 5.69 Å². The number of thioether (sulfide) groups is 1. The van der Waals surface area contributed by atoms with Crippen molar-refractivity contribution < 1.29 is 4.79 Å². The number of amides is 1. The van der Waals surface area contributed by atoms with Gasteiger partial charge >= 0.3 is 0 Å². The van der Waals surface area contributed by atoms with Gasteiger partial charge in [-0.3, -0.25) is 14.3 Å². The largest absolute Gasteiger partial charge is 0.325 e. The Hall–Kier alpha value is -3.45. The van der Waals surface area contributed by atoms with Crippen LogP contribution in [0.3, 0.4) is 0 Å². The van der Waals surface area contributed by atoms with E-state index in [2.05, 4.69) is 41.3 Å². The summed E-state index contributed by atoms with van der Waals surface area (Å²) in [4.78, 5) is 17.2. The Balaban J connectivity index is 1.57. The first-order valence-electron chi connectivity index (χ1n) is 10.4. The lowest BCUT2D eigenvalue weighted by molar-refractivity contribution is -0.113. The summed E-state index contributed by atoms with van der Waals surface area (Å²) in [7, 11) is 0. The third kappa shape index (κ3) is 4.89. The molecule has 32 heavy (non-hydrogen) atoms. The van der Waals surface area contributed by atoms with Crippen molar-refractivity contribution in [2.75, 3.05) is 11.1 Å². The zero-order valence-electron chi connectivity index (χ0n) is 18.3. The zero-order valence-corrected chi connectivity index (χ0v) is 19.1. The third-order valence-electron chi connectivity index (χ3n) is 4.88. The summed E-state index contributed by atoms with van der Waals surface area (Å²) in [5.41, 5.74) is 3.51. The molecule has 1 amide bonds. The fourth-order valence-corrected chi connectivity index (χ4v) is 4.15. The molecular formula is C25H25N5OS. The summed E-state index contributed by atoms with van der Waals surface area (Å²) < 4.78 is 1.93. The second-order valence-electron chi connectivity index (χ2n) is 8.32. The van der Waals surface area contributed by atoms with Crippen LogP contribution in [-0.4, -0.2) is 31.4 Å². The minimum Gasteiger partial charge on any atom is -0.325 e. The van der Waals surface area contributed by atoms with Crippen LogP contribution in [0.1, 0.15) is 26.3 Å². The number of rotatable bonds is 6. The summed E-state index contributed by atoms with van der Waals surface area (Å²) in [6, 6.07) is 23.4. The Morgan fingerprint density at radius 1 is 0.938 bits per heavy atom. The number of nitrogens with one attached hydrogen (secondary N) is 1. The van der Waals surface area contributed by atoms with E-state index in [1.165, 1.54) is 11.8 Å². The van der Waals surface area contributed by atoms with Crippen LogP contribution in [0.25, 0.3) is 17.2 Å². The fraction of sp³-hybridized carbons (Fsp3) is 0.200. The third-order valence-corrected chi connectivity index (χ3v) is 5.81. The van der Waals surface area contributed by atoms with Crippen LogP contribution >= 0.6 is 11.8 Å². The summed E-state index contributed by atoms with van der Waals surface area (Å²) in [6.45, 7) is 6.40. The molecule has 4 aromatic rings. The highest BCUT2D eigenvalue weighted by Crippen LogP contribution is 2.30. The first-order valence-corrected chi connectivity index (χ1v) is 11.4.